The summed E-state index contributed by atoms with van der Waals surface area (Å²) < 4.78 is 5.57. The smallest absolute Gasteiger partial charge is 0.228 e. The van der Waals surface area contributed by atoms with Crippen LogP contribution in [0.3, 0.4) is 0 Å². The van der Waals surface area contributed by atoms with Crippen molar-refractivity contribution >= 4 is 23.5 Å². The van der Waals surface area contributed by atoms with Crippen molar-refractivity contribution in [2.75, 3.05) is 30.3 Å². The van der Waals surface area contributed by atoms with Crippen LogP contribution in [0, 0.1) is 0 Å². The van der Waals surface area contributed by atoms with Crippen molar-refractivity contribution in [2.24, 2.45) is 0 Å². The maximum Gasteiger partial charge on any atom is 0.228 e. The van der Waals surface area contributed by atoms with Crippen LogP contribution in [0.2, 0.25) is 5.28 Å². The van der Waals surface area contributed by atoms with E-state index in [1.807, 2.05) is 30.3 Å². The summed E-state index contributed by atoms with van der Waals surface area (Å²) in [5, 5.41) is 6.30. The van der Waals surface area contributed by atoms with Crippen LogP contribution >= 0.6 is 11.6 Å². The number of ether oxygens (including phenoxy) is 1. The topological polar surface area (TPSA) is 72.0 Å². The summed E-state index contributed by atoms with van der Waals surface area (Å²) >= 11 is 5.86. The molecule has 0 bridgehead atoms. The number of nitrogens with one attached hydrogen (secondary N) is 2. The second-order valence-electron chi connectivity index (χ2n) is 4.27. The lowest BCUT2D eigenvalue weighted by molar-refractivity contribution is 0.332. The van der Waals surface area contributed by atoms with E-state index in [9.17, 15) is 0 Å². The average Bonchev–Trinajstić information content (AvgIpc) is 2.50. The van der Waals surface area contributed by atoms with E-state index >= 15 is 0 Å². The number of halogens is 1. The van der Waals surface area contributed by atoms with Gasteiger partial charge in [0.1, 0.15) is 12.4 Å². The largest absolute Gasteiger partial charge is 0.492 e. The first-order valence-corrected chi connectivity index (χ1v) is 7.23. The normalized spacial score (nSPS) is 10.2. The van der Waals surface area contributed by atoms with Gasteiger partial charge in [-0.2, -0.15) is 15.0 Å². The van der Waals surface area contributed by atoms with Gasteiger partial charge in [0, 0.05) is 6.54 Å². The minimum absolute atomic E-state index is 0.162. The minimum atomic E-state index is 0.162. The summed E-state index contributed by atoms with van der Waals surface area (Å²) in [6.07, 6.45) is 0.983. The van der Waals surface area contributed by atoms with Crippen molar-refractivity contribution in [3.05, 3.63) is 35.6 Å². The Morgan fingerprint density at radius 3 is 2.33 bits per heavy atom. The van der Waals surface area contributed by atoms with Gasteiger partial charge in [0.15, 0.2) is 0 Å². The van der Waals surface area contributed by atoms with E-state index in [0.29, 0.717) is 25.0 Å². The first kappa shape index (κ1) is 15.3. The molecule has 2 N–H and O–H groups in total. The molecule has 0 fully saturated rings. The molecule has 0 aliphatic heterocycles. The predicted molar refractivity (Wildman–Crippen MR) is 84.0 cm³/mol. The van der Waals surface area contributed by atoms with E-state index in [0.717, 1.165) is 18.7 Å². The van der Waals surface area contributed by atoms with E-state index in [-0.39, 0.29) is 5.28 Å². The van der Waals surface area contributed by atoms with E-state index < -0.39 is 0 Å². The number of hydrogen-bond donors (Lipinski definition) is 2. The molecule has 0 spiro atoms. The Hall–Kier alpha value is -2.08. The van der Waals surface area contributed by atoms with E-state index in [4.69, 9.17) is 16.3 Å². The molecule has 0 aliphatic rings. The molecule has 21 heavy (non-hydrogen) atoms. The molecule has 2 rings (SSSR count). The third kappa shape index (κ3) is 5.43. The van der Waals surface area contributed by atoms with Gasteiger partial charge in [0.05, 0.1) is 6.54 Å². The summed E-state index contributed by atoms with van der Waals surface area (Å²) in [7, 11) is 0. The number of nitrogens with zero attached hydrogens (tertiary/aromatic N) is 3. The lowest BCUT2D eigenvalue weighted by atomic mass is 10.3. The molecule has 0 unspecified atom stereocenters. The highest BCUT2D eigenvalue weighted by Crippen LogP contribution is 2.10. The molecule has 0 amide bonds. The Bertz CT molecular complexity index is 552. The molecular weight excluding hydrogens is 290 g/mol. The Morgan fingerprint density at radius 1 is 1.00 bits per heavy atom. The summed E-state index contributed by atoms with van der Waals surface area (Å²) in [5.41, 5.74) is 0. The van der Waals surface area contributed by atoms with Crippen LogP contribution in [-0.4, -0.2) is 34.6 Å². The molecule has 1 aromatic carbocycles. The number of benzene rings is 1. The van der Waals surface area contributed by atoms with E-state index in [1.165, 1.54) is 0 Å². The molecule has 0 saturated heterocycles. The lowest BCUT2D eigenvalue weighted by Crippen LogP contribution is -2.15. The van der Waals surface area contributed by atoms with Gasteiger partial charge in [-0.3, -0.25) is 0 Å². The Morgan fingerprint density at radius 2 is 1.67 bits per heavy atom. The summed E-state index contributed by atoms with van der Waals surface area (Å²) in [4.78, 5) is 12.3. The highest BCUT2D eigenvalue weighted by molar-refractivity contribution is 6.28. The van der Waals surface area contributed by atoms with Crippen molar-refractivity contribution < 1.29 is 4.74 Å². The first-order valence-electron chi connectivity index (χ1n) is 6.85. The van der Waals surface area contributed by atoms with Gasteiger partial charge in [-0.25, -0.2) is 0 Å². The van der Waals surface area contributed by atoms with Crippen LogP contribution in [0.15, 0.2) is 30.3 Å². The fourth-order valence-electron chi connectivity index (χ4n) is 1.59. The number of aromatic nitrogens is 3. The second kappa shape index (κ2) is 8.26. The third-order valence-corrected chi connectivity index (χ3v) is 2.71. The Kier molecular flexibility index (Phi) is 6.02. The Balaban J connectivity index is 1.81. The molecule has 7 heteroatoms. The van der Waals surface area contributed by atoms with Gasteiger partial charge in [-0.1, -0.05) is 25.1 Å². The van der Waals surface area contributed by atoms with Gasteiger partial charge in [0.2, 0.25) is 17.2 Å². The van der Waals surface area contributed by atoms with E-state index in [1.54, 1.807) is 0 Å². The first-order chi connectivity index (χ1) is 10.3. The molecule has 1 aromatic heterocycles. The Labute approximate surface area is 128 Å². The fourth-order valence-corrected chi connectivity index (χ4v) is 1.75. The van der Waals surface area contributed by atoms with Crippen LogP contribution in [0.4, 0.5) is 11.9 Å². The average molecular weight is 308 g/mol. The molecule has 0 radical (unpaired) electrons. The number of anilines is 2. The van der Waals surface area contributed by atoms with Gasteiger partial charge in [-0.05, 0) is 30.2 Å². The van der Waals surface area contributed by atoms with Crippen molar-refractivity contribution in [3.63, 3.8) is 0 Å². The molecular formula is C14H18ClN5O. The molecule has 0 saturated carbocycles. The molecule has 0 aliphatic carbocycles. The van der Waals surface area contributed by atoms with Crippen LogP contribution in [0.25, 0.3) is 0 Å². The SMILES string of the molecule is CCCNc1nc(Cl)nc(NCCOc2ccccc2)n1. The van der Waals surface area contributed by atoms with Crippen LogP contribution in [0.5, 0.6) is 5.75 Å². The summed E-state index contributed by atoms with van der Waals surface area (Å²) in [6.45, 7) is 3.93. The zero-order chi connectivity index (χ0) is 14.9. The highest BCUT2D eigenvalue weighted by atomic mass is 35.5. The maximum absolute atomic E-state index is 5.86. The van der Waals surface area contributed by atoms with Gasteiger partial charge in [0.25, 0.3) is 0 Å². The number of hydrogen-bond acceptors (Lipinski definition) is 6. The maximum atomic E-state index is 5.86. The van der Waals surface area contributed by atoms with Crippen LogP contribution in [-0.2, 0) is 0 Å². The van der Waals surface area contributed by atoms with Gasteiger partial charge < -0.3 is 15.4 Å². The molecule has 0 atom stereocenters. The second-order valence-corrected chi connectivity index (χ2v) is 4.60. The van der Waals surface area contributed by atoms with Gasteiger partial charge in [-0.15, -0.1) is 0 Å². The summed E-state index contributed by atoms with van der Waals surface area (Å²) in [5.74, 6) is 1.74. The third-order valence-electron chi connectivity index (χ3n) is 2.54. The minimum Gasteiger partial charge on any atom is -0.492 e. The lowest BCUT2D eigenvalue weighted by Gasteiger charge is -2.09. The zero-order valence-electron chi connectivity index (χ0n) is 11.8. The number of para-hydroxylation sites is 1. The van der Waals surface area contributed by atoms with Crippen molar-refractivity contribution in [1.29, 1.82) is 0 Å². The van der Waals surface area contributed by atoms with Gasteiger partial charge >= 0.3 is 0 Å². The monoisotopic (exact) mass is 307 g/mol. The quantitative estimate of drug-likeness (QED) is 0.731. The molecule has 112 valence electrons. The number of rotatable bonds is 8. The molecule has 2 aromatic rings. The predicted octanol–water partition coefficient (Wildman–Crippen LogP) is 2.84. The van der Waals surface area contributed by atoms with Crippen molar-refractivity contribution in [2.45, 2.75) is 13.3 Å². The molecule has 1 heterocycles. The zero-order valence-corrected chi connectivity index (χ0v) is 12.6. The standard InChI is InChI=1S/C14H18ClN5O/c1-2-8-16-13-18-12(15)19-14(20-13)17-9-10-21-11-6-4-3-5-7-11/h3-7H,2,8-10H2,1H3,(H2,16,17,18,19,20). The summed E-state index contributed by atoms with van der Waals surface area (Å²) in [6, 6.07) is 9.63. The van der Waals surface area contributed by atoms with Crippen LogP contribution in [0.1, 0.15) is 13.3 Å². The van der Waals surface area contributed by atoms with E-state index in [2.05, 4.69) is 32.5 Å². The van der Waals surface area contributed by atoms with Crippen molar-refractivity contribution in [3.8, 4) is 5.75 Å². The fraction of sp³-hybridized carbons (Fsp3) is 0.357. The highest BCUT2D eigenvalue weighted by Gasteiger charge is 2.04. The van der Waals surface area contributed by atoms with Crippen molar-refractivity contribution in [1.82, 2.24) is 15.0 Å². The van der Waals surface area contributed by atoms with Crippen LogP contribution < -0.4 is 15.4 Å². The molecule has 6 nitrogen and oxygen atoms in total.